The van der Waals surface area contributed by atoms with Crippen LogP contribution in [-0.2, 0) is 0 Å². The number of anilines is 1. The van der Waals surface area contributed by atoms with Gasteiger partial charge in [-0.15, -0.1) is 0 Å². The van der Waals surface area contributed by atoms with E-state index < -0.39 is 0 Å². The molecule has 0 unspecified atom stereocenters. The first-order valence-corrected chi connectivity index (χ1v) is 8.97. The highest BCUT2D eigenvalue weighted by Crippen LogP contribution is 2.24. The van der Waals surface area contributed by atoms with Crippen molar-refractivity contribution < 1.29 is 9.53 Å². The van der Waals surface area contributed by atoms with Crippen LogP contribution in [0.1, 0.15) is 24.2 Å². The van der Waals surface area contributed by atoms with E-state index in [-0.39, 0.29) is 11.9 Å². The first-order chi connectivity index (χ1) is 12.5. The van der Waals surface area contributed by atoms with Crippen LogP contribution in [0.5, 0.6) is 11.6 Å². The molecule has 132 valence electrons. The van der Waals surface area contributed by atoms with Gasteiger partial charge in [0.1, 0.15) is 5.75 Å². The molecule has 0 N–H and O–H groups in total. The molecule has 3 rings (SSSR count). The summed E-state index contributed by atoms with van der Waals surface area (Å²) in [5.74, 6) is 0.969. The average molecular weight is 412 g/mol. The average Bonchev–Trinajstić information content (AvgIpc) is 2.63. The number of ether oxygens (including phenoxy) is 1. The normalized spacial score (nSPS) is 10.6. The van der Waals surface area contributed by atoms with E-state index in [1.54, 1.807) is 29.4 Å². The molecule has 0 atom stereocenters. The van der Waals surface area contributed by atoms with Crippen LogP contribution in [0.15, 0.2) is 71.6 Å². The number of amides is 1. The zero-order chi connectivity index (χ0) is 18.5. The van der Waals surface area contributed by atoms with E-state index in [1.807, 2.05) is 50.2 Å². The number of carbonyl (C=O) groups is 1. The first kappa shape index (κ1) is 18.1. The minimum absolute atomic E-state index is 0.00991. The van der Waals surface area contributed by atoms with Crippen LogP contribution in [0.2, 0.25) is 0 Å². The third kappa shape index (κ3) is 4.26. The molecule has 0 fully saturated rings. The lowest BCUT2D eigenvalue weighted by atomic mass is 10.2. The van der Waals surface area contributed by atoms with Crippen LogP contribution in [-0.4, -0.2) is 21.9 Å². The molecular formula is C20H18BrN3O2. The van der Waals surface area contributed by atoms with Gasteiger partial charge in [-0.05, 0) is 50.2 Å². The zero-order valence-electron chi connectivity index (χ0n) is 14.5. The van der Waals surface area contributed by atoms with Crippen LogP contribution in [0.25, 0.3) is 0 Å². The van der Waals surface area contributed by atoms with E-state index in [0.29, 0.717) is 17.2 Å². The van der Waals surface area contributed by atoms with Crippen LogP contribution < -0.4 is 9.64 Å². The summed E-state index contributed by atoms with van der Waals surface area (Å²) >= 11 is 3.40. The van der Waals surface area contributed by atoms with Gasteiger partial charge in [0.05, 0.1) is 17.4 Å². The van der Waals surface area contributed by atoms with Gasteiger partial charge in [-0.3, -0.25) is 9.78 Å². The Morgan fingerprint density at radius 2 is 1.96 bits per heavy atom. The number of hydrogen-bond donors (Lipinski definition) is 0. The predicted molar refractivity (Wildman–Crippen MR) is 105 cm³/mol. The Kier molecular flexibility index (Phi) is 5.63. The fraction of sp³-hybridized carbons (Fsp3) is 0.150. The molecule has 6 heteroatoms. The molecule has 0 saturated carbocycles. The number of pyridine rings is 2. The molecule has 26 heavy (non-hydrogen) atoms. The van der Waals surface area contributed by atoms with E-state index >= 15 is 0 Å². The maximum absolute atomic E-state index is 12.9. The number of halogens is 1. The monoisotopic (exact) mass is 411 g/mol. The minimum atomic E-state index is -0.130. The highest BCUT2D eigenvalue weighted by atomic mass is 79.9. The maximum atomic E-state index is 12.9. The maximum Gasteiger partial charge on any atom is 0.260 e. The van der Waals surface area contributed by atoms with E-state index in [4.69, 9.17) is 4.74 Å². The highest BCUT2D eigenvalue weighted by Gasteiger charge is 2.21. The molecule has 3 aromatic rings. The smallest absolute Gasteiger partial charge is 0.260 e. The van der Waals surface area contributed by atoms with Gasteiger partial charge in [0, 0.05) is 29.0 Å². The van der Waals surface area contributed by atoms with Crippen LogP contribution in [0.4, 0.5) is 5.69 Å². The third-order valence-corrected chi connectivity index (χ3v) is 4.15. The third-order valence-electron chi connectivity index (χ3n) is 3.66. The van der Waals surface area contributed by atoms with Crippen molar-refractivity contribution in [3.63, 3.8) is 0 Å². The Morgan fingerprint density at radius 3 is 2.58 bits per heavy atom. The lowest BCUT2D eigenvalue weighted by Crippen LogP contribution is -2.37. The summed E-state index contributed by atoms with van der Waals surface area (Å²) < 4.78 is 6.63. The lowest BCUT2D eigenvalue weighted by molar-refractivity contribution is 0.0980. The summed E-state index contributed by atoms with van der Waals surface area (Å²) in [5.41, 5.74) is 1.24. The second-order valence-corrected chi connectivity index (χ2v) is 6.84. The van der Waals surface area contributed by atoms with Crippen molar-refractivity contribution in [1.29, 1.82) is 0 Å². The molecule has 0 aliphatic rings. The van der Waals surface area contributed by atoms with Crippen LogP contribution in [0.3, 0.4) is 0 Å². The number of benzene rings is 1. The number of nitrogens with zero attached hydrogens (tertiary/aromatic N) is 3. The summed E-state index contributed by atoms with van der Waals surface area (Å²) in [5, 5.41) is 0. The Morgan fingerprint density at radius 1 is 1.12 bits per heavy atom. The van der Waals surface area contributed by atoms with Crippen LogP contribution >= 0.6 is 15.9 Å². The van der Waals surface area contributed by atoms with Gasteiger partial charge in [0.15, 0.2) is 0 Å². The van der Waals surface area contributed by atoms with Gasteiger partial charge in [0.25, 0.3) is 5.91 Å². The largest absolute Gasteiger partial charge is 0.439 e. The quantitative estimate of drug-likeness (QED) is 0.586. The molecule has 0 aliphatic carbocycles. The molecule has 0 saturated heterocycles. The molecule has 2 aromatic heterocycles. The minimum Gasteiger partial charge on any atom is -0.439 e. The van der Waals surface area contributed by atoms with E-state index in [2.05, 4.69) is 25.9 Å². The molecule has 1 aromatic carbocycles. The van der Waals surface area contributed by atoms with Gasteiger partial charge in [0.2, 0.25) is 5.88 Å². The van der Waals surface area contributed by atoms with Crippen molar-refractivity contribution in [1.82, 2.24) is 9.97 Å². The lowest BCUT2D eigenvalue weighted by Gasteiger charge is -2.26. The number of hydrogen-bond acceptors (Lipinski definition) is 4. The van der Waals surface area contributed by atoms with Crippen molar-refractivity contribution in [2.24, 2.45) is 0 Å². The highest BCUT2D eigenvalue weighted by molar-refractivity contribution is 9.10. The van der Waals surface area contributed by atoms with E-state index in [1.165, 1.54) is 6.20 Å². The van der Waals surface area contributed by atoms with Crippen LogP contribution in [0, 0.1) is 0 Å². The molecule has 0 aliphatic heterocycles. The summed E-state index contributed by atoms with van der Waals surface area (Å²) in [6.45, 7) is 3.92. The predicted octanol–water partition coefficient (Wildman–Crippen LogP) is 5.09. The van der Waals surface area contributed by atoms with Gasteiger partial charge >= 0.3 is 0 Å². The van der Waals surface area contributed by atoms with Crippen molar-refractivity contribution in [3.8, 4) is 11.6 Å². The summed E-state index contributed by atoms with van der Waals surface area (Å²) in [7, 11) is 0. The van der Waals surface area contributed by atoms with Gasteiger partial charge < -0.3 is 9.64 Å². The Bertz CT molecular complexity index is 883. The fourth-order valence-electron chi connectivity index (χ4n) is 2.50. The number of aromatic nitrogens is 2. The topological polar surface area (TPSA) is 55.3 Å². The van der Waals surface area contributed by atoms with E-state index in [9.17, 15) is 4.79 Å². The molecule has 0 bridgehead atoms. The standard InChI is InChI=1S/C20H18BrN3O2/c1-14(2)24(17-6-4-10-22-13-17)20(25)15-8-9-19(23-12-15)26-18-7-3-5-16(21)11-18/h3-14H,1-2H3. The molecule has 0 radical (unpaired) electrons. The van der Waals surface area contributed by atoms with Crippen molar-refractivity contribution in [3.05, 3.63) is 77.2 Å². The Labute approximate surface area is 160 Å². The van der Waals surface area contributed by atoms with Gasteiger partial charge in [-0.1, -0.05) is 22.0 Å². The molecular weight excluding hydrogens is 394 g/mol. The Balaban J connectivity index is 1.79. The van der Waals surface area contributed by atoms with Crippen molar-refractivity contribution >= 4 is 27.5 Å². The van der Waals surface area contributed by atoms with Gasteiger partial charge in [-0.2, -0.15) is 0 Å². The second kappa shape index (κ2) is 8.10. The number of carbonyl (C=O) groups excluding carboxylic acids is 1. The molecule has 5 nitrogen and oxygen atoms in total. The molecule has 0 spiro atoms. The molecule has 1 amide bonds. The summed E-state index contributed by atoms with van der Waals surface area (Å²) in [6, 6.07) is 14.6. The van der Waals surface area contributed by atoms with Gasteiger partial charge in [-0.25, -0.2) is 4.98 Å². The first-order valence-electron chi connectivity index (χ1n) is 8.17. The number of rotatable bonds is 5. The van der Waals surface area contributed by atoms with Crippen molar-refractivity contribution in [2.45, 2.75) is 19.9 Å². The fourth-order valence-corrected chi connectivity index (χ4v) is 2.88. The SMILES string of the molecule is CC(C)N(C(=O)c1ccc(Oc2cccc(Br)c2)nc1)c1cccnc1. The van der Waals surface area contributed by atoms with Crippen molar-refractivity contribution in [2.75, 3.05) is 4.90 Å². The summed E-state index contributed by atoms with van der Waals surface area (Å²) in [4.78, 5) is 23.0. The summed E-state index contributed by atoms with van der Waals surface area (Å²) in [6.07, 6.45) is 4.89. The Hall–Kier alpha value is -2.73. The molecule has 2 heterocycles. The van der Waals surface area contributed by atoms with E-state index in [0.717, 1.165) is 10.2 Å². The second-order valence-electron chi connectivity index (χ2n) is 5.92. The zero-order valence-corrected chi connectivity index (χ0v) is 16.1.